The van der Waals surface area contributed by atoms with Gasteiger partial charge in [-0.05, 0) is 97.3 Å². The van der Waals surface area contributed by atoms with Gasteiger partial charge in [0, 0.05) is 21.8 Å². The van der Waals surface area contributed by atoms with Gasteiger partial charge in [0.05, 0.1) is 13.2 Å². The maximum atomic E-state index is 13.7. The number of amides is 3. The van der Waals surface area contributed by atoms with Crippen molar-refractivity contribution < 1.29 is 23.9 Å². The van der Waals surface area contributed by atoms with Crippen LogP contribution in [0.2, 0.25) is 0 Å². The lowest BCUT2D eigenvalue weighted by atomic mass is 10.1. The summed E-state index contributed by atoms with van der Waals surface area (Å²) < 4.78 is 11.3. The van der Waals surface area contributed by atoms with Crippen molar-refractivity contribution >= 4 is 46.9 Å². The van der Waals surface area contributed by atoms with Crippen LogP contribution in [0.5, 0.6) is 11.5 Å². The van der Waals surface area contributed by atoms with E-state index in [9.17, 15) is 14.4 Å². The van der Waals surface area contributed by atoms with Gasteiger partial charge in [-0.3, -0.25) is 14.4 Å². The van der Waals surface area contributed by atoms with Crippen LogP contribution in [0.4, 0.5) is 11.4 Å². The Bertz CT molecular complexity index is 1910. The highest BCUT2D eigenvalue weighted by atomic mass is 32.2. The molecule has 0 fully saturated rings. The summed E-state index contributed by atoms with van der Waals surface area (Å²) in [5.74, 6) is 0.351. The summed E-state index contributed by atoms with van der Waals surface area (Å²) in [5.41, 5.74) is 3.18. The van der Waals surface area contributed by atoms with Gasteiger partial charge in [0.1, 0.15) is 22.4 Å². The first-order valence-electron chi connectivity index (χ1n) is 16.9. The molecular weight excluding hydrogens is 659 g/mol. The molecule has 0 saturated carbocycles. The van der Waals surface area contributed by atoms with Crippen molar-refractivity contribution in [3.05, 3.63) is 156 Å². The summed E-state index contributed by atoms with van der Waals surface area (Å²) in [6.07, 6.45) is 3.65. The van der Waals surface area contributed by atoms with E-state index in [0.29, 0.717) is 41.5 Å². The molecule has 5 rings (SSSR count). The van der Waals surface area contributed by atoms with E-state index in [0.717, 1.165) is 29.1 Å². The van der Waals surface area contributed by atoms with Crippen LogP contribution in [0.15, 0.2) is 144 Å². The number of hydrogen-bond acceptors (Lipinski definition) is 6. The maximum Gasteiger partial charge on any atom is 0.272 e. The number of carbonyl (C=O) groups is 3. The number of unbranched alkanes of at least 4 members (excludes halogenated alkanes) is 1. The average Bonchev–Trinajstić information content (AvgIpc) is 3.16. The first kappa shape index (κ1) is 36.5. The Labute approximate surface area is 303 Å². The van der Waals surface area contributed by atoms with Crippen molar-refractivity contribution in [3.63, 3.8) is 0 Å². The van der Waals surface area contributed by atoms with Crippen molar-refractivity contribution in [1.29, 1.82) is 0 Å². The van der Waals surface area contributed by atoms with E-state index in [1.54, 1.807) is 36.4 Å². The number of rotatable bonds is 16. The normalized spacial score (nSPS) is 11.6. The van der Waals surface area contributed by atoms with Crippen molar-refractivity contribution in [2.24, 2.45) is 0 Å². The van der Waals surface area contributed by atoms with E-state index < -0.39 is 17.1 Å². The van der Waals surface area contributed by atoms with Gasteiger partial charge in [-0.2, -0.15) is 0 Å². The van der Waals surface area contributed by atoms with Crippen LogP contribution in [-0.4, -0.2) is 30.9 Å². The molecule has 0 aliphatic carbocycles. The van der Waals surface area contributed by atoms with Gasteiger partial charge in [-0.1, -0.05) is 80.1 Å². The standard InChI is InChI=1S/C42H41N3O5S/c1-3-5-27-50-36-25-21-33(22-26-36)43-42(48)39(31-13-8-6-9-14-31)51-37-18-12-17-34(29-37)44-41(47)38(45-40(46)32-15-10-7-11-16-32)28-30-19-23-35(24-20-30)49-4-2/h6-26,28-29,39H,3-5,27H2,1-2H3,(H,43,48)(H,44,47)(H,45,46)/b38-28+. The molecule has 8 nitrogen and oxygen atoms in total. The van der Waals surface area contributed by atoms with Gasteiger partial charge >= 0.3 is 0 Å². The molecule has 9 heteroatoms. The minimum atomic E-state index is -0.585. The summed E-state index contributed by atoms with van der Waals surface area (Å²) >= 11 is 1.37. The number of thioether (sulfide) groups is 1. The molecule has 0 aromatic heterocycles. The Morgan fingerprint density at radius 1 is 0.706 bits per heavy atom. The maximum absolute atomic E-state index is 13.7. The van der Waals surface area contributed by atoms with Crippen molar-refractivity contribution in [2.45, 2.75) is 36.8 Å². The van der Waals surface area contributed by atoms with Crippen LogP contribution < -0.4 is 25.4 Å². The summed E-state index contributed by atoms with van der Waals surface area (Å²) in [4.78, 5) is 41.3. The third kappa shape index (κ3) is 11.1. The van der Waals surface area contributed by atoms with E-state index in [-0.39, 0.29) is 11.6 Å². The Hall–Kier alpha value is -5.80. The highest BCUT2D eigenvalue weighted by Crippen LogP contribution is 2.37. The molecule has 0 aliphatic heterocycles. The van der Waals surface area contributed by atoms with Crippen LogP contribution in [0.1, 0.15) is 53.4 Å². The van der Waals surface area contributed by atoms with Crippen LogP contribution >= 0.6 is 11.8 Å². The Morgan fingerprint density at radius 3 is 2.06 bits per heavy atom. The molecule has 0 spiro atoms. The smallest absolute Gasteiger partial charge is 0.272 e. The molecule has 5 aromatic rings. The molecule has 0 radical (unpaired) electrons. The number of carbonyl (C=O) groups excluding carboxylic acids is 3. The van der Waals surface area contributed by atoms with Gasteiger partial charge in [-0.25, -0.2) is 0 Å². The predicted molar refractivity (Wildman–Crippen MR) is 205 cm³/mol. The van der Waals surface area contributed by atoms with E-state index in [1.807, 2.05) is 110 Å². The fourth-order valence-electron chi connectivity index (χ4n) is 5.00. The number of hydrogen-bond donors (Lipinski definition) is 3. The number of benzene rings is 5. The second-order valence-electron chi connectivity index (χ2n) is 11.5. The summed E-state index contributed by atoms with van der Waals surface area (Å²) in [6, 6.07) is 40.1. The van der Waals surface area contributed by atoms with Gasteiger partial charge in [0.2, 0.25) is 5.91 Å². The minimum absolute atomic E-state index is 0.0643. The predicted octanol–water partition coefficient (Wildman–Crippen LogP) is 9.15. The monoisotopic (exact) mass is 699 g/mol. The molecule has 1 atom stereocenters. The highest BCUT2D eigenvalue weighted by molar-refractivity contribution is 8.00. The van der Waals surface area contributed by atoms with Gasteiger partial charge in [-0.15, -0.1) is 11.8 Å². The minimum Gasteiger partial charge on any atom is -0.494 e. The van der Waals surface area contributed by atoms with Gasteiger partial charge in [0.25, 0.3) is 11.8 Å². The number of anilines is 2. The molecule has 0 bridgehead atoms. The van der Waals surface area contributed by atoms with Crippen LogP contribution in [0.3, 0.4) is 0 Å². The summed E-state index contributed by atoms with van der Waals surface area (Å²) in [5, 5.41) is 8.16. The molecule has 5 aromatic carbocycles. The Kier molecular flexibility index (Phi) is 13.5. The molecule has 51 heavy (non-hydrogen) atoms. The van der Waals surface area contributed by atoms with Crippen LogP contribution in [0.25, 0.3) is 6.08 Å². The van der Waals surface area contributed by atoms with E-state index in [2.05, 4.69) is 22.9 Å². The largest absolute Gasteiger partial charge is 0.494 e. The van der Waals surface area contributed by atoms with Crippen LogP contribution in [0, 0.1) is 0 Å². The molecule has 260 valence electrons. The topological polar surface area (TPSA) is 106 Å². The lowest BCUT2D eigenvalue weighted by molar-refractivity contribution is -0.116. The van der Waals surface area contributed by atoms with Gasteiger partial charge < -0.3 is 25.4 Å². The van der Waals surface area contributed by atoms with E-state index in [1.165, 1.54) is 11.8 Å². The Balaban J connectivity index is 1.33. The second kappa shape index (κ2) is 18.8. The zero-order valence-corrected chi connectivity index (χ0v) is 29.5. The zero-order valence-electron chi connectivity index (χ0n) is 28.6. The third-order valence-electron chi connectivity index (χ3n) is 7.61. The lowest BCUT2D eigenvalue weighted by Gasteiger charge is -2.18. The van der Waals surface area contributed by atoms with Crippen LogP contribution in [-0.2, 0) is 9.59 Å². The molecule has 3 N–H and O–H groups in total. The van der Waals surface area contributed by atoms with Gasteiger partial charge in [0.15, 0.2) is 0 Å². The molecule has 0 heterocycles. The second-order valence-corrected chi connectivity index (χ2v) is 12.7. The van der Waals surface area contributed by atoms with E-state index >= 15 is 0 Å². The first-order chi connectivity index (χ1) is 24.9. The summed E-state index contributed by atoms with van der Waals surface area (Å²) in [6.45, 7) is 5.21. The molecule has 0 aliphatic rings. The Morgan fingerprint density at radius 2 is 1.37 bits per heavy atom. The molecule has 3 amide bonds. The fraction of sp³-hybridized carbons (Fsp3) is 0.167. The molecule has 1 unspecified atom stereocenters. The van der Waals surface area contributed by atoms with Crippen molar-refractivity contribution in [2.75, 3.05) is 23.8 Å². The summed E-state index contributed by atoms with van der Waals surface area (Å²) in [7, 11) is 0. The lowest BCUT2D eigenvalue weighted by Crippen LogP contribution is -2.30. The number of ether oxygens (including phenoxy) is 2. The third-order valence-corrected chi connectivity index (χ3v) is 8.85. The van der Waals surface area contributed by atoms with E-state index in [4.69, 9.17) is 9.47 Å². The highest BCUT2D eigenvalue weighted by Gasteiger charge is 2.23. The number of nitrogens with one attached hydrogen (secondary N) is 3. The fourth-order valence-corrected chi connectivity index (χ4v) is 6.08. The zero-order chi connectivity index (χ0) is 35.8. The van der Waals surface area contributed by atoms with Crippen molar-refractivity contribution in [3.8, 4) is 11.5 Å². The molecular formula is C42H41N3O5S. The average molecular weight is 700 g/mol. The quantitative estimate of drug-likeness (QED) is 0.0539. The first-order valence-corrected chi connectivity index (χ1v) is 17.8. The molecule has 0 saturated heterocycles. The van der Waals surface area contributed by atoms with Crippen molar-refractivity contribution in [1.82, 2.24) is 5.32 Å². The SMILES string of the molecule is CCCCOc1ccc(NC(=O)C(Sc2cccc(NC(=O)/C(=C\c3ccc(OCC)cc3)NC(=O)c3ccccc3)c2)c2ccccc2)cc1.